The molecule has 3 N–H and O–H groups in total. The van der Waals surface area contributed by atoms with Gasteiger partial charge in [0.05, 0.1) is 0 Å². The minimum Gasteiger partial charge on any atom is -0.385 e. The molecule has 0 heterocycles. The van der Waals surface area contributed by atoms with Crippen molar-refractivity contribution in [3.8, 4) is 0 Å². The van der Waals surface area contributed by atoms with E-state index >= 15 is 0 Å². The Morgan fingerprint density at radius 1 is 1.30 bits per heavy atom. The van der Waals surface area contributed by atoms with Crippen molar-refractivity contribution in [3.63, 3.8) is 0 Å². The van der Waals surface area contributed by atoms with E-state index in [2.05, 4.69) is 20.9 Å². The second-order valence-electron chi connectivity index (χ2n) is 6.89. The molecule has 1 amide bonds. The van der Waals surface area contributed by atoms with Gasteiger partial charge in [0.15, 0.2) is 5.96 Å². The second-order valence-corrected chi connectivity index (χ2v) is 6.89. The molecule has 0 radical (unpaired) electrons. The van der Waals surface area contributed by atoms with Gasteiger partial charge < -0.3 is 20.7 Å². The topological polar surface area (TPSA) is 74.8 Å². The van der Waals surface area contributed by atoms with E-state index in [1.807, 2.05) is 0 Å². The highest BCUT2D eigenvalue weighted by atomic mass is 16.5. The average molecular weight is 324 g/mol. The number of carbonyl (C=O) groups is 1. The molecule has 0 aliphatic heterocycles. The lowest BCUT2D eigenvalue weighted by molar-refractivity contribution is -0.121. The monoisotopic (exact) mass is 324 g/mol. The van der Waals surface area contributed by atoms with Crippen molar-refractivity contribution >= 4 is 11.9 Å². The van der Waals surface area contributed by atoms with Crippen LogP contribution in [0.3, 0.4) is 0 Å². The van der Waals surface area contributed by atoms with E-state index in [-0.39, 0.29) is 5.91 Å². The molecule has 6 nitrogen and oxygen atoms in total. The average Bonchev–Trinajstić information content (AvgIpc) is 3.31. The van der Waals surface area contributed by atoms with Crippen molar-refractivity contribution in [3.05, 3.63) is 0 Å². The highest BCUT2D eigenvalue weighted by molar-refractivity contribution is 5.80. The maximum atomic E-state index is 11.6. The smallest absolute Gasteiger partial charge is 0.220 e. The number of methoxy groups -OCH3 is 1. The Balaban J connectivity index is 1.58. The second kappa shape index (κ2) is 9.11. The van der Waals surface area contributed by atoms with E-state index in [0.29, 0.717) is 17.9 Å². The number of carbonyl (C=O) groups excluding carboxylic acids is 1. The first-order valence-corrected chi connectivity index (χ1v) is 8.90. The van der Waals surface area contributed by atoms with E-state index in [4.69, 9.17) is 4.74 Å². The summed E-state index contributed by atoms with van der Waals surface area (Å²) in [6.45, 7) is 2.53. The van der Waals surface area contributed by atoms with Crippen LogP contribution >= 0.6 is 0 Å². The van der Waals surface area contributed by atoms with Gasteiger partial charge in [-0.05, 0) is 43.9 Å². The Hall–Kier alpha value is -1.30. The molecule has 0 aromatic carbocycles. The molecular formula is C17H32N4O2. The Kier molecular flexibility index (Phi) is 7.15. The van der Waals surface area contributed by atoms with Gasteiger partial charge in [-0.3, -0.25) is 9.79 Å². The third kappa shape index (κ3) is 6.37. The van der Waals surface area contributed by atoms with Crippen LogP contribution in [-0.4, -0.2) is 51.8 Å². The molecule has 6 heteroatoms. The van der Waals surface area contributed by atoms with Crippen molar-refractivity contribution in [2.45, 2.75) is 57.4 Å². The zero-order valence-electron chi connectivity index (χ0n) is 14.6. The Bertz CT molecular complexity index is 403. The van der Waals surface area contributed by atoms with Crippen LogP contribution in [0.15, 0.2) is 4.99 Å². The summed E-state index contributed by atoms with van der Waals surface area (Å²) in [7, 11) is 3.55. The van der Waals surface area contributed by atoms with E-state index in [1.165, 1.54) is 19.3 Å². The van der Waals surface area contributed by atoms with Gasteiger partial charge in [0.2, 0.25) is 5.91 Å². The molecule has 132 valence electrons. The summed E-state index contributed by atoms with van der Waals surface area (Å²) in [5.41, 5.74) is 0.373. The first kappa shape index (κ1) is 18.0. The van der Waals surface area contributed by atoms with E-state index in [9.17, 15) is 4.79 Å². The summed E-state index contributed by atoms with van der Waals surface area (Å²) in [6, 6.07) is 0.454. The molecule has 0 bridgehead atoms. The van der Waals surface area contributed by atoms with Crippen LogP contribution in [0.25, 0.3) is 0 Å². The molecule has 0 saturated heterocycles. The fourth-order valence-electron chi connectivity index (χ4n) is 2.99. The minimum absolute atomic E-state index is 0.172. The van der Waals surface area contributed by atoms with Crippen LogP contribution in [0.5, 0.6) is 0 Å². The third-order valence-electron chi connectivity index (χ3n) is 4.92. The van der Waals surface area contributed by atoms with E-state index in [0.717, 1.165) is 51.3 Å². The third-order valence-corrected chi connectivity index (χ3v) is 4.92. The Morgan fingerprint density at radius 3 is 2.65 bits per heavy atom. The normalized spacial score (nSPS) is 19.8. The van der Waals surface area contributed by atoms with Crippen molar-refractivity contribution in [2.24, 2.45) is 10.4 Å². The van der Waals surface area contributed by atoms with Crippen LogP contribution in [0.4, 0.5) is 0 Å². The van der Waals surface area contributed by atoms with Crippen LogP contribution in [0.1, 0.15) is 51.4 Å². The maximum Gasteiger partial charge on any atom is 0.220 e. The predicted octanol–water partition coefficient (Wildman–Crippen LogP) is 1.42. The number of ether oxygens (including phenoxy) is 1. The lowest BCUT2D eigenvalue weighted by Gasteiger charge is -2.42. The van der Waals surface area contributed by atoms with E-state index in [1.54, 1.807) is 14.2 Å². The predicted molar refractivity (Wildman–Crippen MR) is 92.5 cm³/mol. The maximum absolute atomic E-state index is 11.6. The number of aliphatic imine (C=N–C) groups is 1. The van der Waals surface area contributed by atoms with Gasteiger partial charge in [0, 0.05) is 46.3 Å². The molecule has 0 unspecified atom stereocenters. The van der Waals surface area contributed by atoms with Crippen molar-refractivity contribution in [1.82, 2.24) is 16.0 Å². The van der Waals surface area contributed by atoms with Gasteiger partial charge in [-0.2, -0.15) is 0 Å². The highest BCUT2D eigenvalue weighted by Crippen LogP contribution is 2.43. The van der Waals surface area contributed by atoms with Gasteiger partial charge >= 0.3 is 0 Å². The lowest BCUT2D eigenvalue weighted by atomic mass is 9.67. The molecule has 2 fully saturated rings. The molecular weight excluding hydrogens is 292 g/mol. The summed E-state index contributed by atoms with van der Waals surface area (Å²) < 4.78 is 5.23. The van der Waals surface area contributed by atoms with Crippen molar-refractivity contribution in [2.75, 3.05) is 33.9 Å². The molecule has 0 aromatic rings. The fourth-order valence-corrected chi connectivity index (χ4v) is 2.99. The number of guanidine groups is 1. The lowest BCUT2D eigenvalue weighted by Crippen LogP contribution is -2.47. The Morgan fingerprint density at radius 2 is 2.09 bits per heavy atom. The summed E-state index contributed by atoms with van der Waals surface area (Å²) >= 11 is 0. The zero-order valence-corrected chi connectivity index (χ0v) is 14.6. The van der Waals surface area contributed by atoms with Gasteiger partial charge in [-0.1, -0.05) is 6.42 Å². The molecule has 0 atom stereocenters. The number of nitrogens with zero attached hydrogens (tertiary/aromatic N) is 1. The van der Waals surface area contributed by atoms with Crippen molar-refractivity contribution < 1.29 is 9.53 Å². The first-order chi connectivity index (χ1) is 11.2. The van der Waals surface area contributed by atoms with Gasteiger partial charge in [-0.15, -0.1) is 0 Å². The summed E-state index contributed by atoms with van der Waals surface area (Å²) in [6.07, 6.45) is 8.65. The van der Waals surface area contributed by atoms with Gasteiger partial charge in [0.25, 0.3) is 0 Å². The summed E-state index contributed by atoms with van der Waals surface area (Å²) in [5.74, 6) is 1.00. The molecule has 23 heavy (non-hydrogen) atoms. The van der Waals surface area contributed by atoms with Crippen LogP contribution in [-0.2, 0) is 9.53 Å². The largest absolute Gasteiger partial charge is 0.385 e. The molecule has 0 aromatic heterocycles. The standard InChI is InChI=1S/C17H32N4O2/c1-18-16(19-11-3-5-15(22)21-14-6-7-14)20-13-17(8-4-9-17)10-12-23-2/h14H,3-13H2,1-2H3,(H,21,22)(H2,18,19,20). The summed E-state index contributed by atoms with van der Waals surface area (Å²) in [4.78, 5) is 15.9. The van der Waals surface area contributed by atoms with E-state index < -0.39 is 0 Å². The fraction of sp³-hybridized carbons (Fsp3) is 0.882. The van der Waals surface area contributed by atoms with Gasteiger partial charge in [-0.25, -0.2) is 0 Å². The number of hydrogen-bond donors (Lipinski definition) is 3. The number of amides is 1. The number of hydrogen-bond acceptors (Lipinski definition) is 3. The minimum atomic E-state index is 0.172. The number of nitrogens with one attached hydrogen (secondary N) is 3. The van der Waals surface area contributed by atoms with Crippen molar-refractivity contribution in [1.29, 1.82) is 0 Å². The molecule has 0 spiro atoms. The highest BCUT2D eigenvalue weighted by Gasteiger charge is 2.36. The molecule has 2 rings (SSSR count). The van der Waals surface area contributed by atoms with Gasteiger partial charge in [0.1, 0.15) is 0 Å². The quantitative estimate of drug-likeness (QED) is 0.323. The Labute approximate surface area is 139 Å². The molecule has 2 aliphatic carbocycles. The van der Waals surface area contributed by atoms with Crippen LogP contribution in [0, 0.1) is 5.41 Å². The zero-order chi connectivity index (χ0) is 16.5. The van der Waals surface area contributed by atoms with Crippen LogP contribution in [0.2, 0.25) is 0 Å². The van der Waals surface area contributed by atoms with Crippen LogP contribution < -0.4 is 16.0 Å². The SMILES string of the molecule is CN=C(NCCCC(=O)NC1CC1)NCC1(CCOC)CCC1. The molecule has 2 aliphatic rings. The summed E-state index contributed by atoms with van der Waals surface area (Å²) in [5, 5.41) is 9.74. The number of rotatable bonds is 10. The first-order valence-electron chi connectivity index (χ1n) is 8.90. The molecule has 2 saturated carbocycles.